The zero-order valence-corrected chi connectivity index (χ0v) is 13.4. The van der Waals surface area contributed by atoms with E-state index in [1.807, 2.05) is 0 Å². The number of nitrogens with zero attached hydrogens (tertiary/aromatic N) is 2. The molecular weight excluding hydrogens is 284 g/mol. The van der Waals surface area contributed by atoms with Crippen molar-refractivity contribution in [1.29, 1.82) is 0 Å². The molecule has 1 aliphatic heterocycles. The highest BCUT2D eigenvalue weighted by molar-refractivity contribution is 7.18. The fourth-order valence-corrected chi connectivity index (χ4v) is 3.97. The van der Waals surface area contributed by atoms with E-state index >= 15 is 0 Å². The summed E-state index contributed by atoms with van der Waals surface area (Å²) in [6.45, 7) is 4.13. The van der Waals surface area contributed by atoms with E-state index in [-0.39, 0.29) is 11.9 Å². The van der Waals surface area contributed by atoms with Crippen molar-refractivity contribution >= 4 is 28.2 Å². The molecule has 6 heteroatoms. The molecular formula is C15H24N4OS. The van der Waals surface area contributed by atoms with Gasteiger partial charge in [0, 0.05) is 19.1 Å². The van der Waals surface area contributed by atoms with Gasteiger partial charge in [-0.2, -0.15) is 0 Å². The lowest BCUT2D eigenvalue weighted by atomic mass is 9.80. The molecule has 2 fully saturated rings. The number of nitrogens with one attached hydrogen (secondary N) is 1. The largest absolute Gasteiger partial charge is 0.382 e. The molecule has 1 atom stereocenters. The Kier molecular flexibility index (Phi) is 4.33. The monoisotopic (exact) mass is 308 g/mol. The first-order valence-electron chi connectivity index (χ1n) is 7.97. The van der Waals surface area contributed by atoms with Crippen LogP contribution >= 0.6 is 11.3 Å². The number of amides is 1. The second kappa shape index (κ2) is 6.22. The number of carbonyl (C=O) groups excluding carboxylic acids is 1. The Morgan fingerprint density at radius 2 is 2.05 bits per heavy atom. The summed E-state index contributed by atoms with van der Waals surface area (Å²) >= 11 is 1.43. The molecule has 2 aliphatic rings. The van der Waals surface area contributed by atoms with E-state index in [0.29, 0.717) is 16.6 Å². The first-order chi connectivity index (χ1) is 10.1. The highest BCUT2D eigenvalue weighted by Crippen LogP contribution is 2.32. The van der Waals surface area contributed by atoms with Gasteiger partial charge >= 0.3 is 0 Å². The highest BCUT2D eigenvalue weighted by atomic mass is 32.1. The fourth-order valence-electron chi connectivity index (χ4n) is 3.03. The number of nitrogen functional groups attached to an aromatic ring is 1. The van der Waals surface area contributed by atoms with Gasteiger partial charge in [0.05, 0.1) is 0 Å². The van der Waals surface area contributed by atoms with Crippen LogP contribution in [-0.2, 0) is 0 Å². The Labute approximate surface area is 129 Å². The van der Waals surface area contributed by atoms with E-state index in [4.69, 9.17) is 5.73 Å². The average Bonchev–Trinajstić information content (AvgIpc) is 2.80. The number of aromatic nitrogens is 1. The molecule has 1 saturated carbocycles. The van der Waals surface area contributed by atoms with Gasteiger partial charge in [0.25, 0.3) is 5.91 Å². The Hall–Kier alpha value is -1.30. The number of rotatable bonds is 4. The van der Waals surface area contributed by atoms with Crippen LogP contribution in [0.5, 0.6) is 0 Å². The molecule has 3 rings (SSSR count). The number of hydrogen-bond acceptors (Lipinski definition) is 5. The molecule has 21 heavy (non-hydrogen) atoms. The van der Waals surface area contributed by atoms with Gasteiger partial charge in [0.2, 0.25) is 0 Å². The molecule has 2 heterocycles. The summed E-state index contributed by atoms with van der Waals surface area (Å²) in [5.41, 5.74) is 5.96. The predicted octanol–water partition coefficient (Wildman–Crippen LogP) is 2.63. The smallest absolute Gasteiger partial charge is 0.265 e. The molecule has 1 amide bonds. The Morgan fingerprint density at radius 1 is 1.33 bits per heavy atom. The van der Waals surface area contributed by atoms with Crippen LogP contribution < -0.4 is 16.0 Å². The van der Waals surface area contributed by atoms with Gasteiger partial charge in [-0.3, -0.25) is 4.79 Å². The first-order valence-corrected chi connectivity index (χ1v) is 8.79. The maximum absolute atomic E-state index is 12.4. The van der Waals surface area contributed by atoms with Crippen LogP contribution in [-0.4, -0.2) is 30.0 Å². The summed E-state index contributed by atoms with van der Waals surface area (Å²) in [4.78, 5) is 19.6. The minimum absolute atomic E-state index is 0.0624. The minimum atomic E-state index is -0.0624. The normalized spacial score (nSPS) is 20.9. The van der Waals surface area contributed by atoms with Crippen molar-refractivity contribution in [2.45, 2.75) is 51.5 Å². The number of piperidine rings is 1. The van der Waals surface area contributed by atoms with Crippen LogP contribution in [0, 0.1) is 5.92 Å². The summed E-state index contributed by atoms with van der Waals surface area (Å²) in [6.07, 6.45) is 7.40. The Bertz CT molecular complexity index is 506. The number of nitrogens with two attached hydrogens (primary N) is 1. The molecule has 1 aromatic heterocycles. The molecule has 1 aliphatic carbocycles. The van der Waals surface area contributed by atoms with E-state index in [0.717, 1.165) is 18.2 Å². The third-order valence-electron chi connectivity index (χ3n) is 4.69. The minimum Gasteiger partial charge on any atom is -0.382 e. The molecule has 0 bridgehead atoms. The molecule has 3 N–H and O–H groups in total. The van der Waals surface area contributed by atoms with E-state index in [1.54, 1.807) is 0 Å². The molecule has 116 valence electrons. The SMILES string of the molecule is CC(NC(=O)c1sc(N2CCCCC2)nc1N)C1CCC1. The van der Waals surface area contributed by atoms with Crippen LogP contribution in [0.1, 0.15) is 55.1 Å². The molecule has 5 nitrogen and oxygen atoms in total. The summed E-state index contributed by atoms with van der Waals surface area (Å²) in [5.74, 6) is 0.941. The van der Waals surface area contributed by atoms with Crippen molar-refractivity contribution in [1.82, 2.24) is 10.3 Å². The number of hydrogen-bond donors (Lipinski definition) is 2. The highest BCUT2D eigenvalue weighted by Gasteiger charge is 2.27. The predicted molar refractivity (Wildman–Crippen MR) is 86.9 cm³/mol. The van der Waals surface area contributed by atoms with Gasteiger partial charge in [-0.25, -0.2) is 4.98 Å². The fraction of sp³-hybridized carbons (Fsp3) is 0.733. The lowest BCUT2D eigenvalue weighted by molar-refractivity contribution is 0.0914. The van der Waals surface area contributed by atoms with Gasteiger partial charge in [0.1, 0.15) is 10.7 Å². The van der Waals surface area contributed by atoms with Crippen LogP contribution in [0.15, 0.2) is 0 Å². The van der Waals surface area contributed by atoms with Crippen LogP contribution in [0.3, 0.4) is 0 Å². The molecule has 1 unspecified atom stereocenters. The molecule has 0 radical (unpaired) electrons. The van der Waals surface area contributed by atoms with Crippen LogP contribution in [0.4, 0.5) is 10.9 Å². The van der Waals surface area contributed by atoms with Crippen molar-refractivity contribution in [3.63, 3.8) is 0 Å². The van der Waals surface area contributed by atoms with Crippen LogP contribution in [0.25, 0.3) is 0 Å². The average molecular weight is 308 g/mol. The summed E-state index contributed by atoms with van der Waals surface area (Å²) in [5, 5.41) is 3.99. The number of carbonyl (C=O) groups is 1. The van der Waals surface area contributed by atoms with Gasteiger partial charge in [-0.05, 0) is 44.9 Å². The zero-order valence-electron chi connectivity index (χ0n) is 12.6. The van der Waals surface area contributed by atoms with Gasteiger partial charge in [0.15, 0.2) is 5.13 Å². The molecule has 1 saturated heterocycles. The van der Waals surface area contributed by atoms with Gasteiger partial charge in [-0.15, -0.1) is 0 Å². The number of thiazole rings is 1. The lowest BCUT2D eigenvalue weighted by Gasteiger charge is -2.31. The first kappa shape index (κ1) is 14.6. The maximum atomic E-state index is 12.4. The summed E-state index contributed by atoms with van der Waals surface area (Å²) in [6, 6.07) is 0.228. The quantitative estimate of drug-likeness (QED) is 0.897. The molecule has 1 aromatic rings. The Balaban J connectivity index is 1.66. The van der Waals surface area contributed by atoms with Crippen LogP contribution in [0.2, 0.25) is 0 Å². The molecule has 0 aromatic carbocycles. The Morgan fingerprint density at radius 3 is 2.67 bits per heavy atom. The van der Waals surface area contributed by atoms with E-state index in [2.05, 4.69) is 22.1 Å². The van der Waals surface area contributed by atoms with Crippen molar-refractivity contribution in [2.24, 2.45) is 5.92 Å². The second-order valence-corrected chi connectivity index (χ2v) is 7.19. The lowest BCUT2D eigenvalue weighted by Crippen LogP contribution is -2.40. The van der Waals surface area contributed by atoms with Crippen molar-refractivity contribution in [2.75, 3.05) is 23.7 Å². The van der Waals surface area contributed by atoms with Gasteiger partial charge < -0.3 is 16.0 Å². The van der Waals surface area contributed by atoms with Crippen molar-refractivity contribution in [3.05, 3.63) is 4.88 Å². The van der Waals surface area contributed by atoms with E-state index in [1.165, 1.54) is 49.9 Å². The maximum Gasteiger partial charge on any atom is 0.265 e. The van der Waals surface area contributed by atoms with Crippen molar-refractivity contribution < 1.29 is 4.79 Å². The second-order valence-electron chi connectivity index (χ2n) is 6.21. The third kappa shape index (κ3) is 3.15. The zero-order chi connectivity index (χ0) is 14.8. The summed E-state index contributed by atoms with van der Waals surface area (Å²) < 4.78 is 0. The summed E-state index contributed by atoms with van der Waals surface area (Å²) in [7, 11) is 0. The van der Waals surface area contributed by atoms with Gasteiger partial charge in [-0.1, -0.05) is 17.8 Å². The van der Waals surface area contributed by atoms with E-state index < -0.39 is 0 Å². The third-order valence-corrected chi connectivity index (χ3v) is 5.82. The number of anilines is 2. The topological polar surface area (TPSA) is 71.2 Å². The van der Waals surface area contributed by atoms with Crippen molar-refractivity contribution in [3.8, 4) is 0 Å². The molecule has 0 spiro atoms. The standard InChI is InChI=1S/C15H24N4OS/c1-10(11-6-5-7-11)17-14(20)12-13(16)18-15(21-12)19-8-3-2-4-9-19/h10-11H,2-9,16H2,1H3,(H,17,20). The van der Waals surface area contributed by atoms with E-state index in [9.17, 15) is 4.79 Å².